The summed E-state index contributed by atoms with van der Waals surface area (Å²) in [6.07, 6.45) is 0.207. The quantitative estimate of drug-likeness (QED) is 0.218. The second-order valence-electron chi connectivity index (χ2n) is 10.2. The van der Waals surface area contributed by atoms with Crippen molar-refractivity contribution in [2.75, 3.05) is 10.7 Å². The summed E-state index contributed by atoms with van der Waals surface area (Å²) in [5.74, 6) is 0.190. The number of amides is 3. The molecule has 0 unspecified atom stereocenters. The number of urea groups is 1. The molecule has 13 heteroatoms. The van der Waals surface area contributed by atoms with E-state index in [0.717, 1.165) is 40.8 Å². The first-order valence-corrected chi connectivity index (χ1v) is 15.0. The zero-order chi connectivity index (χ0) is 32.1. The highest BCUT2D eigenvalue weighted by molar-refractivity contribution is 8.15. The Bertz CT molecular complexity index is 1770. The summed E-state index contributed by atoms with van der Waals surface area (Å²) >= 11 is 1.23. The predicted molar refractivity (Wildman–Crippen MR) is 168 cm³/mol. The van der Waals surface area contributed by atoms with Gasteiger partial charge in [0.1, 0.15) is 12.1 Å². The maximum Gasteiger partial charge on any atom is 0.573 e. The van der Waals surface area contributed by atoms with E-state index < -0.39 is 12.4 Å². The van der Waals surface area contributed by atoms with Crippen molar-refractivity contribution < 1.29 is 27.5 Å². The second kappa shape index (κ2) is 13.4. The van der Waals surface area contributed by atoms with Crippen LogP contribution < -0.4 is 15.0 Å². The number of hydrogen-bond acceptors (Lipinski definition) is 6. The van der Waals surface area contributed by atoms with E-state index in [-0.39, 0.29) is 17.4 Å². The molecule has 232 valence electrons. The van der Waals surface area contributed by atoms with E-state index in [1.807, 2.05) is 49.4 Å². The van der Waals surface area contributed by atoms with Gasteiger partial charge >= 0.3 is 12.4 Å². The number of nitrogens with zero attached hydrogens (tertiary/aromatic N) is 5. The molecule has 0 bridgehead atoms. The fourth-order valence-electron chi connectivity index (χ4n) is 4.66. The number of hydrogen-bond donors (Lipinski definition) is 1. The molecule has 1 aromatic heterocycles. The molecule has 0 saturated carbocycles. The summed E-state index contributed by atoms with van der Waals surface area (Å²) in [6, 6.07) is 18.0. The van der Waals surface area contributed by atoms with Crippen LogP contribution in [0, 0.1) is 6.92 Å². The minimum absolute atomic E-state index is 0.116. The fraction of sp³-hybridized carbons (Fsp3) is 0.219. The Morgan fingerprint density at radius 3 is 2.53 bits per heavy atom. The van der Waals surface area contributed by atoms with Crippen molar-refractivity contribution in [2.45, 2.75) is 40.0 Å². The van der Waals surface area contributed by atoms with Crippen molar-refractivity contribution >= 4 is 40.6 Å². The maximum atomic E-state index is 12.8. The zero-order valence-electron chi connectivity index (χ0n) is 24.6. The SMILES string of the molecule is CCCc1ccc(C)cc1N1C(=O)CS/C1=N\C(=O)N/C(C)=C/c1ccc(-c2ncn(-c3ccc(OC(F)(F)F)cc3)n2)cc1. The highest BCUT2D eigenvalue weighted by atomic mass is 32.2. The molecule has 0 radical (unpaired) electrons. The number of rotatable bonds is 8. The van der Waals surface area contributed by atoms with Crippen LogP contribution in [-0.2, 0) is 11.2 Å². The molecule has 5 rings (SSSR count). The molecule has 0 atom stereocenters. The van der Waals surface area contributed by atoms with E-state index in [4.69, 9.17) is 0 Å². The lowest BCUT2D eigenvalue weighted by atomic mass is 10.0. The van der Waals surface area contributed by atoms with E-state index in [0.29, 0.717) is 22.4 Å². The lowest BCUT2D eigenvalue weighted by molar-refractivity contribution is -0.274. The van der Waals surface area contributed by atoms with Crippen molar-refractivity contribution in [3.63, 3.8) is 0 Å². The molecular formula is C32H29F3N6O3S. The van der Waals surface area contributed by atoms with Gasteiger partial charge in [0.15, 0.2) is 11.0 Å². The van der Waals surface area contributed by atoms with Gasteiger partial charge in [0.05, 0.1) is 17.1 Å². The van der Waals surface area contributed by atoms with Gasteiger partial charge in [-0.1, -0.05) is 61.5 Å². The summed E-state index contributed by atoms with van der Waals surface area (Å²) in [4.78, 5) is 35.7. The smallest absolute Gasteiger partial charge is 0.406 e. The number of anilines is 1. The Morgan fingerprint density at radius 2 is 1.84 bits per heavy atom. The van der Waals surface area contributed by atoms with Crippen LogP contribution in [0.15, 0.2) is 83.7 Å². The minimum Gasteiger partial charge on any atom is -0.406 e. The number of thioether (sulfide) groups is 1. The molecule has 4 aromatic rings. The standard InChI is InChI=1S/C32H29F3N6O3S/c1-4-5-23-9-6-20(2)16-27(23)41-28(42)18-45-31(41)38-30(43)37-21(3)17-22-7-10-24(11-8-22)29-36-19-40(39-29)25-12-14-26(15-13-25)44-32(33,34)35/h6-17,19H,4-5,18H2,1-3H3,(H,37,43)/b21-17+,38-31-. The van der Waals surface area contributed by atoms with Crippen molar-refractivity contribution in [3.8, 4) is 22.8 Å². The lowest BCUT2D eigenvalue weighted by Crippen LogP contribution is -2.32. The first-order chi connectivity index (χ1) is 21.5. The average Bonchev–Trinajstić information content (AvgIpc) is 3.61. The topological polar surface area (TPSA) is 102 Å². The molecule has 3 aromatic carbocycles. The summed E-state index contributed by atoms with van der Waals surface area (Å²) in [6.45, 7) is 5.78. The van der Waals surface area contributed by atoms with E-state index in [2.05, 4.69) is 32.1 Å². The molecule has 9 nitrogen and oxygen atoms in total. The van der Waals surface area contributed by atoms with Crippen molar-refractivity contribution in [3.05, 3.63) is 95.4 Å². The van der Waals surface area contributed by atoms with Gasteiger partial charge in [0.25, 0.3) is 0 Å². The van der Waals surface area contributed by atoms with Crippen LogP contribution in [0.5, 0.6) is 5.75 Å². The Labute approximate surface area is 261 Å². The van der Waals surface area contributed by atoms with Crippen molar-refractivity contribution in [1.82, 2.24) is 20.1 Å². The molecule has 1 saturated heterocycles. The molecule has 1 N–H and O–H groups in total. The number of ether oxygens (including phenoxy) is 1. The molecule has 3 amide bonds. The molecule has 0 aliphatic carbocycles. The number of aryl methyl sites for hydroxylation is 2. The van der Waals surface area contributed by atoms with Crippen LogP contribution in [0.25, 0.3) is 23.2 Å². The average molecular weight is 635 g/mol. The van der Waals surface area contributed by atoms with Crippen LogP contribution in [0.2, 0.25) is 0 Å². The lowest BCUT2D eigenvalue weighted by Gasteiger charge is -2.20. The number of aliphatic imine (C=N–C) groups is 1. The van der Waals surface area contributed by atoms with E-state index in [9.17, 15) is 22.8 Å². The van der Waals surface area contributed by atoms with E-state index in [1.54, 1.807) is 13.0 Å². The molecule has 1 aliphatic rings. The second-order valence-corrected chi connectivity index (χ2v) is 11.2. The molecule has 1 fully saturated rings. The molecular weight excluding hydrogens is 605 g/mol. The van der Waals surface area contributed by atoms with Crippen molar-refractivity contribution in [1.29, 1.82) is 0 Å². The number of nitrogens with one attached hydrogen (secondary N) is 1. The molecule has 45 heavy (non-hydrogen) atoms. The van der Waals surface area contributed by atoms with Crippen LogP contribution in [0.3, 0.4) is 0 Å². The highest BCUT2D eigenvalue weighted by Crippen LogP contribution is 2.31. The Hall–Kier alpha value is -4.91. The third-order valence-electron chi connectivity index (χ3n) is 6.65. The Kier molecular flexibility index (Phi) is 9.37. The van der Waals surface area contributed by atoms with Gasteiger partial charge in [-0.25, -0.2) is 14.5 Å². The van der Waals surface area contributed by atoms with Gasteiger partial charge in [-0.3, -0.25) is 9.69 Å². The normalized spacial score (nSPS) is 14.7. The fourth-order valence-corrected chi connectivity index (χ4v) is 5.52. The summed E-state index contributed by atoms with van der Waals surface area (Å²) in [5.41, 5.74) is 5.40. The number of amidine groups is 1. The third kappa shape index (κ3) is 7.98. The van der Waals surface area contributed by atoms with E-state index in [1.165, 1.54) is 51.9 Å². The van der Waals surface area contributed by atoms with Gasteiger partial charge in [0, 0.05) is 11.3 Å². The third-order valence-corrected chi connectivity index (χ3v) is 7.57. The van der Waals surface area contributed by atoms with Crippen molar-refractivity contribution in [2.24, 2.45) is 4.99 Å². The van der Waals surface area contributed by atoms with Gasteiger partial charge in [-0.15, -0.1) is 18.3 Å². The maximum absolute atomic E-state index is 12.8. The Morgan fingerprint density at radius 1 is 1.11 bits per heavy atom. The summed E-state index contributed by atoms with van der Waals surface area (Å²) in [7, 11) is 0. The Balaban J connectivity index is 1.24. The summed E-state index contributed by atoms with van der Waals surface area (Å²) in [5, 5.41) is 7.52. The number of halogens is 3. The number of carbonyl (C=O) groups is 2. The van der Waals surface area contributed by atoms with Crippen LogP contribution in [0.1, 0.15) is 37.0 Å². The van der Waals surface area contributed by atoms with Crippen LogP contribution >= 0.6 is 11.8 Å². The number of allylic oxidation sites excluding steroid dienone is 1. The van der Waals surface area contributed by atoms with Crippen LogP contribution in [0.4, 0.5) is 23.7 Å². The van der Waals surface area contributed by atoms with Gasteiger partial charge in [0.2, 0.25) is 5.91 Å². The molecule has 1 aliphatic heterocycles. The molecule has 0 spiro atoms. The number of carbonyl (C=O) groups excluding carboxylic acids is 2. The van der Waals surface area contributed by atoms with E-state index >= 15 is 0 Å². The van der Waals surface area contributed by atoms with Gasteiger partial charge in [-0.05, 0) is 73.4 Å². The summed E-state index contributed by atoms with van der Waals surface area (Å²) < 4.78 is 42.6. The van der Waals surface area contributed by atoms with Crippen LogP contribution in [-0.4, -0.2) is 44.0 Å². The monoisotopic (exact) mass is 634 g/mol. The highest BCUT2D eigenvalue weighted by Gasteiger charge is 2.32. The first kappa shape index (κ1) is 31.5. The minimum atomic E-state index is -4.76. The predicted octanol–water partition coefficient (Wildman–Crippen LogP) is 7.30. The van der Waals surface area contributed by atoms with Gasteiger partial charge < -0.3 is 10.1 Å². The first-order valence-electron chi connectivity index (χ1n) is 14.0. The number of aromatic nitrogens is 3. The largest absolute Gasteiger partial charge is 0.573 e. The van der Waals surface area contributed by atoms with Gasteiger partial charge in [-0.2, -0.15) is 4.99 Å². The molecule has 2 heterocycles. The number of alkyl halides is 3. The number of benzene rings is 3. The zero-order valence-corrected chi connectivity index (χ0v) is 25.4.